The van der Waals surface area contributed by atoms with Crippen molar-refractivity contribution in [2.75, 3.05) is 6.54 Å². The van der Waals surface area contributed by atoms with E-state index in [-0.39, 0.29) is 5.91 Å². The Balaban J connectivity index is 1.50. The van der Waals surface area contributed by atoms with Crippen molar-refractivity contribution in [1.82, 2.24) is 5.32 Å². The van der Waals surface area contributed by atoms with Crippen LogP contribution in [0.4, 0.5) is 0 Å². The van der Waals surface area contributed by atoms with Crippen LogP contribution in [0.3, 0.4) is 0 Å². The van der Waals surface area contributed by atoms with E-state index in [0.29, 0.717) is 6.42 Å². The molecule has 1 amide bonds. The van der Waals surface area contributed by atoms with E-state index in [9.17, 15) is 4.79 Å². The third-order valence-corrected chi connectivity index (χ3v) is 4.00. The van der Waals surface area contributed by atoms with Crippen LogP contribution >= 0.6 is 0 Å². The summed E-state index contributed by atoms with van der Waals surface area (Å²) in [6, 6.07) is 6.09. The van der Waals surface area contributed by atoms with E-state index in [2.05, 4.69) is 28.4 Å². The molecule has 0 aromatic carbocycles. The minimum Gasteiger partial charge on any atom is -0.356 e. The Morgan fingerprint density at radius 2 is 2.00 bits per heavy atom. The molecular formula is C18H27N2O+. The lowest BCUT2D eigenvalue weighted by molar-refractivity contribution is -0.697. The molecule has 3 nitrogen and oxygen atoms in total. The number of unbranched alkanes of at least 4 members (excludes halogenated alkanes) is 1. The maximum atomic E-state index is 11.8. The SMILES string of the molecule is O=C(CCCC[n+]1ccccc1)NCCC1=CCCCC1. The molecule has 21 heavy (non-hydrogen) atoms. The van der Waals surface area contributed by atoms with E-state index in [1.165, 1.54) is 31.3 Å². The van der Waals surface area contributed by atoms with Gasteiger partial charge in [0.25, 0.3) is 0 Å². The van der Waals surface area contributed by atoms with Crippen molar-refractivity contribution in [2.24, 2.45) is 0 Å². The third kappa shape index (κ3) is 6.56. The molecule has 1 aliphatic carbocycles. The second-order valence-electron chi connectivity index (χ2n) is 5.78. The highest BCUT2D eigenvalue weighted by Crippen LogP contribution is 2.19. The lowest BCUT2D eigenvalue weighted by Crippen LogP contribution is -2.32. The fraction of sp³-hybridized carbons (Fsp3) is 0.556. The summed E-state index contributed by atoms with van der Waals surface area (Å²) < 4.78 is 2.16. The molecular weight excluding hydrogens is 260 g/mol. The Labute approximate surface area is 128 Å². The van der Waals surface area contributed by atoms with Crippen LogP contribution in [0.5, 0.6) is 0 Å². The lowest BCUT2D eigenvalue weighted by Gasteiger charge is -2.12. The van der Waals surface area contributed by atoms with Gasteiger partial charge in [0, 0.05) is 31.5 Å². The number of carbonyl (C=O) groups is 1. The zero-order valence-electron chi connectivity index (χ0n) is 12.9. The molecule has 0 saturated heterocycles. The summed E-state index contributed by atoms with van der Waals surface area (Å²) in [5.41, 5.74) is 1.53. The van der Waals surface area contributed by atoms with Crippen LogP contribution in [0.15, 0.2) is 42.2 Å². The van der Waals surface area contributed by atoms with E-state index < -0.39 is 0 Å². The maximum absolute atomic E-state index is 11.8. The molecule has 114 valence electrons. The zero-order valence-corrected chi connectivity index (χ0v) is 12.9. The highest BCUT2D eigenvalue weighted by atomic mass is 16.1. The average molecular weight is 287 g/mol. The second kappa shape index (κ2) is 9.32. The molecule has 1 aliphatic rings. The van der Waals surface area contributed by atoms with E-state index >= 15 is 0 Å². The summed E-state index contributed by atoms with van der Waals surface area (Å²) in [4.78, 5) is 11.8. The van der Waals surface area contributed by atoms with Crippen LogP contribution in [-0.4, -0.2) is 12.5 Å². The Kier molecular flexibility index (Phi) is 6.99. The number of aromatic nitrogens is 1. The first kappa shape index (κ1) is 15.7. The molecule has 3 heteroatoms. The second-order valence-corrected chi connectivity index (χ2v) is 5.78. The van der Waals surface area contributed by atoms with Crippen molar-refractivity contribution in [3.8, 4) is 0 Å². The number of amides is 1. The van der Waals surface area contributed by atoms with Gasteiger partial charge in [-0.05, 0) is 38.5 Å². The van der Waals surface area contributed by atoms with Gasteiger partial charge >= 0.3 is 0 Å². The number of hydrogen-bond acceptors (Lipinski definition) is 1. The monoisotopic (exact) mass is 287 g/mol. The number of carbonyl (C=O) groups excluding carboxylic acids is 1. The molecule has 0 unspecified atom stereocenters. The van der Waals surface area contributed by atoms with Crippen LogP contribution in [0.2, 0.25) is 0 Å². The molecule has 0 bridgehead atoms. The Morgan fingerprint density at radius 3 is 2.76 bits per heavy atom. The molecule has 0 saturated carbocycles. The van der Waals surface area contributed by atoms with Crippen molar-refractivity contribution in [3.63, 3.8) is 0 Å². The van der Waals surface area contributed by atoms with Gasteiger partial charge in [0.05, 0.1) is 0 Å². The standard InChI is InChI=1S/C18H26N2O/c21-18(19-13-12-17-9-3-1-4-10-17)11-5-8-16-20-14-6-2-7-15-20/h2,6-7,9,14-15H,1,3-5,8,10-13,16H2/p+1. The molecule has 0 atom stereocenters. The van der Waals surface area contributed by atoms with E-state index in [1.54, 1.807) is 0 Å². The van der Waals surface area contributed by atoms with Gasteiger partial charge in [-0.1, -0.05) is 17.7 Å². The fourth-order valence-corrected chi connectivity index (χ4v) is 2.75. The van der Waals surface area contributed by atoms with Crippen LogP contribution in [0, 0.1) is 0 Å². The number of hydrogen-bond donors (Lipinski definition) is 1. The minimum absolute atomic E-state index is 0.199. The Morgan fingerprint density at radius 1 is 1.14 bits per heavy atom. The zero-order chi connectivity index (χ0) is 14.8. The van der Waals surface area contributed by atoms with Crippen molar-refractivity contribution >= 4 is 5.91 Å². The van der Waals surface area contributed by atoms with Crippen LogP contribution in [-0.2, 0) is 11.3 Å². The quantitative estimate of drug-likeness (QED) is 0.445. The van der Waals surface area contributed by atoms with Gasteiger partial charge in [0.15, 0.2) is 12.4 Å². The fourth-order valence-electron chi connectivity index (χ4n) is 2.75. The van der Waals surface area contributed by atoms with Crippen molar-refractivity contribution in [1.29, 1.82) is 0 Å². The van der Waals surface area contributed by atoms with Gasteiger partial charge in [-0.2, -0.15) is 0 Å². The summed E-state index contributed by atoms with van der Waals surface area (Å²) in [5, 5.41) is 3.04. The van der Waals surface area contributed by atoms with E-state index in [0.717, 1.165) is 32.4 Å². The molecule has 0 aliphatic heterocycles. The van der Waals surface area contributed by atoms with Gasteiger partial charge in [0.1, 0.15) is 6.54 Å². The first-order chi connectivity index (χ1) is 10.3. The van der Waals surface area contributed by atoms with Gasteiger partial charge in [-0.3, -0.25) is 4.79 Å². The Hall–Kier alpha value is -1.64. The number of rotatable bonds is 8. The summed E-state index contributed by atoms with van der Waals surface area (Å²) in [5.74, 6) is 0.199. The summed E-state index contributed by atoms with van der Waals surface area (Å²) in [6.45, 7) is 1.79. The average Bonchev–Trinajstić information content (AvgIpc) is 2.54. The molecule has 1 aromatic heterocycles. The number of aryl methyl sites for hydroxylation is 1. The van der Waals surface area contributed by atoms with Gasteiger partial charge in [-0.15, -0.1) is 0 Å². The van der Waals surface area contributed by atoms with Crippen LogP contribution < -0.4 is 9.88 Å². The first-order valence-electron chi connectivity index (χ1n) is 8.23. The van der Waals surface area contributed by atoms with E-state index in [4.69, 9.17) is 0 Å². The molecule has 2 rings (SSSR count). The van der Waals surface area contributed by atoms with Crippen LogP contribution in [0.25, 0.3) is 0 Å². The summed E-state index contributed by atoms with van der Waals surface area (Å²) in [6.07, 6.45) is 15.3. The largest absolute Gasteiger partial charge is 0.356 e. The molecule has 1 N–H and O–H groups in total. The highest BCUT2D eigenvalue weighted by Gasteiger charge is 2.05. The number of allylic oxidation sites excluding steroid dienone is 1. The Bertz CT molecular complexity index is 454. The van der Waals surface area contributed by atoms with Gasteiger partial charge in [0.2, 0.25) is 5.91 Å². The predicted molar refractivity (Wildman–Crippen MR) is 84.7 cm³/mol. The smallest absolute Gasteiger partial charge is 0.220 e. The van der Waals surface area contributed by atoms with Gasteiger partial charge in [-0.25, -0.2) is 4.57 Å². The topological polar surface area (TPSA) is 33.0 Å². The maximum Gasteiger partial charge on any atom is 0.220 e. The van der Waals surface area contributed by atoms with E-state index in [1.807, 2.05) is 18.2 Å². The lowest BCUT2D eigenvalue weighted by atomic mass is 9.97. The predicted octanol–water partition coefficient (Wildman–Crippen LogP) is 3.15. The van der Waals surface area contributed by atoms with Gasteiger partial charge < -0.3 is 5.32 Å². The first-order valence-corrected chi connectivity index (χ1v) is 8.23. The van der Waals surface area contributed by atoms with Crippen molar-refractivity contribution < 1.29 is 9.36 Å². The molecule has 1 heterocycles. The molecule has 0 fully saturated rings. The summed E-state index contributed by atoms with van der Waals surface area (Å²) >= 11 is 0. The van der Waals surface area contributed by atoms with Crippen molar-refractivity contribution in [2.45, 2.75) is 57.9 Å². The molecule has 0 radical (unpaired) electrons. The third-order valence-electron chi connectivity index (χ3n) is 4.00. The van der Waals surface area contributed by atoms with Crippen molar-refractivity contribution in [3.05, 3.63) is 42.2 Å². The molecule has 1 aromatic rings. The highest BCUT2D eigenvalue weighted by molar-refractivity contribution is 5.75. The van der Waals surface area contributed by atoms with Crippen LogP contribution in [0.1, 0.15) is 51.4 Å². The number of nitrogens with zero attached hydrogens (tertiary/aromatic N) is 1. The normalized spacial score (nSPS) is 14.6. The molecule has 0 spiro atoms. The number of pyridine rings is 1. The minimum atomic E-state index is 0.199. The number of nitrogens with one attached hydrogen (secondary N) is 1. The summed E-state index contributed by atoms with van der Waals surface area (Å²) in [7, 11) is 0.